The summed E-state index contributed by atoms with van der Waals surface area (Å²) in [6, 6.07) is 0. The van der Waals surface area contributed by atoms with Gasteiger partial charge in [0.15, 0.2) is 0 Å². The number of carboxylic acids is 1. The van der Waals surface area contributed by atoms with Gasteiger partial charge in [-0.3, -0.25) is 14.5 Å². The van der Waals surface area contributed by atoms with Crippen molar-refractivity contribution in [2.45, 2.75) is 32.9 Å². The lowest BCUT2D eigenvalue weighted by molar-refractivity contribution is -0.188. The topological polar surface area (TPSA) is 60.9 Å². The molecule has 5 nitrogen and oxygen atoms in total. The first-order chi connectivity index (χ1) is 10.2. The predicted molar refractivity (Wildman–Crippen MR) is 74.3 cm³/mol. The molecule has 1 saturated heterocycles. The summed E-state index contributed by atoms with van der Waals surface area (Å²) in [6.45, 7) is 4.14. The summed E-state index contributed by atoms with van der Waals surface area (Å²) in [5, 5.41) is 8.95. The van der Waals surface area contributed by atoms with Crippen molar-refractivity contribution in [1.29, 1.82) is 0 Å². The quantitative estimate of drug-likeness (QED) is 0.776. The SMILES string of the molecule is CCCN(CCC)C(=O)CN1C[C@@H](C(F)(F)F)[C@H](C(=O)O)C1. The van der Waals surface area contributed by atoms with Gasteiger partial charge >= 0.3 is 12.1 Å². The summed E-state index contributed by atoms with van der Waals surface area (Å²) >= 11 is 0. The fraction of sp³-hybridized carbons (Fsp3) is 0.857. The summed E-state index contributed by atoms with van der Waals surface area (Å²) < 4.78 is 38.7. The molecule has 1 heterocycles. The molecule has 0 radical (unpaired) electrons. The Labute approximate surface area is 128 Å². The summed E-state index contributed by atoms with van der Waals surface area (Å²) in [4.78, 5) is 26.1. The molecule has 1 aliphatic heterocycles. The van der Waals surface area contributed by atoms with Gasteiger partial charge in [0.1, 0.15) is 0 Å². The maximum Gasteiger partial charge on any atom is 0.393 e. The number of hydrogen-bond acceptors (Lipinski definition) is 3. The van der Waals surface area contributed by atoms with Crippen LogP contribution in [-0.4, -0.2) is 65.7 Å². The lowest BCUT2D eigenvalue weighted by Gasteiger charge is -2.24. The van der Waals surface area contributed by atoms with Crippen molar-refractivity contribution in [3.8, 4) is 0 Å². The van der Waals surface area contributed by atoms with E-state index in [1.807, 2.05) is 13.8 Å². The van der Waals surface area contributed by atoms with Crippen LogP contribution in [0.3, 0.4) is 0 Å². The molecular weight excluding hydrogens is 301 g/mol. The Hall–Kier alpha value is -1.31. The number of carboxylic acid groups (broad SMARTS) is 1. The second-order valence-corrected chi connectivity index (χ2v) is 5.67. The highest BCUT2D eigenvalue weighted by Crippen LogP contribution is 2.37. The maximum atomic E-state index is 12.9. The Morgan fingerprint density at radius 2 is 1.73 bits per heavy atom. The zero-order valence-corrected chi connectivity index (χ0v) is 12.9. The number of alkyl halides is 3. The number of amides is 1. The van der Waals surface area contributed by atoms with Crippen LogP contribution in [0.2, 0.25) is 0 Å². The molecule has 8 heteroatoms. The van der Waals surface area contributed by atoms with Gasteiger partial charge < -0.3 is 10.0 Å². The molecule has 128 valence electrons. The van der Waals surface area contributed by atoms with Crippen molar-refractivity contribution in [2.24, 2.45) is 11.8 Å². The minimum absolute atomic E-state index is 0.156. The lowest BCUT2D eigenvalue weighted by atomic mass is 9.96. The third-order valence-corrected chi connectivity index (χ3v) is 3.83. The molecule has 0 spiro atoms. The Balaban J connectivity index is 2.70. The van der Waals surface area contributed by atoms with Crippen LogP contribution in [0.5, 0.6) is 0 Å². The van der Waals surface area contributed by atoms with Gasteiger partial charge in [-0.1, -0.05) is 13.8 Å². The second-order valence-electron chi connectivity index (χ2n) is 5.67. The molecule has 2 atom stereocenters. The summed E-state index contributed by atoms with van der Waals surface area (Å²) in [6.07, 6.45) is -3.02. The first-order valence-electron chi connectivity index (χ1n) is 7.50. The average molecular weight is 324 g/mol. The molecule has 0 aromatic carbocycles. The number of halogens is 3. The Bertz CT molecular complexity index is 395. The summed E-state index contributed by atoms with van der Waals surface area (Å²) in [5.41, 5.74) is 0. The molecule has 0 aliphatic carbocycles. The van der Waals surface area contributed by atoms with Gasteiger partial charge in [0.25, 0.3) is 0 Å². The van der Waals surface area contributed by atoms with Crippen LogP contribution in [-0.2, 0) is 9.59 Å². The predicted octanol–water partition coefficient (Wildman–Crippen LogP) is 1.83. The molecule has 1 N–H and O–H groups in total. The third-order valence-electron chi connectivity index (χ3n) is 3.83. The standard InChI is InChI=1S/C14H23F3N2O3/c1-3-5-19(6-4-2)12(20)9-18-7-10(13(21)22)11(8-18)14(15,16)17/h10-11H,3-9H2,1-2H3,(H,21,22)/t10-,11-/m1/s1. The minimum Gasteiger partial charge on any atom is -0.481 e. The van der Waals surface area contributed by atoms with E-state index in [-0.39, 0.29) is 19.0 Å². The molecule has 0 aromatic rings. The number of likely N-dealkylation sites (tertiary alicyclic amines) is 1. The van der Waals surface area contributed by atoms with Crippen LogP contribution >= 0.6 is 0 Å². The third kappa shape index (κ3) is 4.86. The Morgan fingerprint density at radius 3 is 2.09 bits per heavy atom. The number of nitrogens with zero attached hydrogens (tertiary/aromatic N) is 2. The van der Waals surface area contributed by atoms with Crippen molar-refractivity contribution in [3.63, 3.8) is 0 Å². The van der Waals surface area contributed by atoms with E-state index < -0.39 is 30.5 Å². The van der Waals surface area contributed by atoms with E-state index >= 15 is 0 Å². The molecule has 1 fully saturated rings. The van der Waals surface area contributed by atoms with Crippen LogP contribution in [0.4, 0.5) is 13.2 Å². The number of carbonyl (C=O) groups excluding carboxylic acids is 1. The van der Waals surface area contributed by atoms with Crippen LogP contribution < -0.4 is 0 Å². The van der Waals surface area contributed by atoms with E-state index in [0.29, 0.717) is 13.1 Å². The lowest BCUT2D eigenvalue weighted by Crippen LogP contribution is -2.41. The van der Waals surface area contributed by atoms with Gasteiger partial charge in [-0.2, -0.15) is 13.2 Å². The zero-order chi connectivity index (χ0) is 16.9. The first kappa shape index (κ1) is 18.7. The fourth-order valence-electron chi connectivity index (χ4n) is 2.79. The van der Waals surface area contributed by atoms with Crippen molar-refractivity contribution in [1.82, 2.24) is 9.80 Å². The van der Waals surface area contributed by atoms with E-state index in [1.165, 1.54) is 4.90 Å². The molecule has 0 aromatic heterocycles. The molecular formula is C14H23F3N2O3. The van der Waals surface area contributed by atoms with Crippen molar-refractivity contribution >= 4 is 11.9 Å². The van der Waals surface area contributed by atoms with Gasteiger partial charge in [-0.25, -0.2) is 0 Å². The van der Waals surface area contributed by atoms with Gasteiger partial charge in [0.2, 0.25) is 5.91 Å². The van der Waals surface area contributed by atoms with Gasteiger partial charge in [0.05, 0.1) is 18.4 Å². The Morgan fingerprint density at radius 1 is 1.18 bits per heavy atom. The number of hydrogen-bond donors (Lipinski definition) is 1. The van der Waals surface area contributed by atoms with Gasteiger partial charge in [-0.05, 0) is 12.8 Å². The van der Waals surface area contributed by atoms with Crippen LogP contribution in [0.15, 0.2) is 0 Å². The zero-order valence-electron chi connectivity index (χ0n) is 12.9. The largest absolute Gasteiger partial charge is 0.481 e. The van der Waals surface area contributed by atoms with Crippen molar-refractivity contribution in [2.75, 3.05) is 32.7 Å². The molecule has 0 saturated carbocycles. The molecule has 0 unspecified atom stereocenters. The Kier molecular flexibility index (Phi) is 6.65. The van der Waals surface area contributed by atoms with E-state index in [9.17, 15) is 22.8 Å². The first-order valence-corrected chi connectivity index (χ1v) is 7.50. The van der Waals surface area contributed by atoms with Crippen molar-refractivity contribution < 1.29 is 27.9 Å². The molecule has 1 aliphatic rings. The van der Waals surface area contributed by atoms with E-state index in [0.717, 1.165) is 12.8 Å². The number of carbonyl (C=O) groups is 2. The second kappa shape index (κ2) is 7.80. The summed E-state index contributed by atoms with van der Waals surface area (Å²) in [5.74, 6) is -5.12. The van der Waals surface area contributed by atoms with E-state index in [2.05, 4.69) is 0 Å². The average Bonchev–Trinajstić information content (AvgIpc) is 2.82. The van der Waals surface area contributed by atoms with Crippen molar-refractivity contribution in [3.05, 3.63) is 0 Å². The highest BCUT2D eigenvalue weighted by molar-refractivity contribution is 5.78. The highest BCUT2D eigenvalue weighted by atomic mass is 19.4. The molecule has 0 bridgehead atoms. The minimum atomic E-state index is -4.56. The number of aliphatic carboxylic acids is 1. The van der Waals surface area contributed by atoms with Crippen LogP contribution in [0, 0.1) is 11.8 Å². The molecule has 1 amide bonds. The normalized spacial score (nSPS) is 22.8. The highest BCUT2D eigenvalue weighted by Gasteiger charge is 2.52. The molecule has 22 heavy (non-hydrogen) atoms. The van der Waals surface area contributed by atoms with E-state index in [1.54, 1.807) is 4.90 Å². The summed E-state index contributed by atoms with van der Waals surface area (Å²) in [7, 11) is 0. The smallest absolute Gasteiger partial charge is 0.393 e. The van der Waals surface area contributed by atoms with E-state index in [4.69, 9.17) is 5.11 Å². The van der Waals surface area contributed by atoms with Crippen LogP contribution in [0.1, 0.15) is 26.7 Å². The van der Waals surface area contributed by atoms with Gasteiger partial charge in [-0.15, -0.1) is 0 Å². The monoisotopic (exact) mass is 324 g/mol. The number of rotatable bonds is 7. The van der Waals surface area contributed by atoms with Gasteiger partial charge in [0, 0.05) is 26.2 Å². The fourth-order valence-corrected chi connectivity index (χ4v) is 2.79. The molecule has 1 rings (SSSR count). The maximum absolute atomic E-state index is 12.9. The van der Waals surface area contributed by atoms with Crippen LogP contribution in [0.25, 0.3) is 0 Å².